The zero-order valence-electron chi connectivity index (χ0n) is 31.9. The van der Waals surface area contributed by atoms with Crippen molar-refractivity contribution in [3.05, 3.63) is 40.8 Å². The van der Waals surface area contributed by atoms with Crippen LogP contribution in [0.25, 0.3) is 5.65 Å². The van der Waals surface area contributed by atoms with E-state index in [1.165, 1.54) is 38.5 Å². The van der Waals surface area contributed by atoms with Crippen molar-refractivity contribution in [2.45, 2.75) is 142 Å². The Labute approximate surface area is 309 Å². The Kier molecular flexibility index (Phi) is 15.4. The van der Waals surface area contributed by atoms with Crippen molar-refractivity contribution in [1.29, 1.82) is 0 Å². The summed E-state index contributed by atoms with van der Waals surface area (Å²) in [6, 6.07) is 6.79. The molecule has 3 aromatic rings. The van der Waals surface area contributed by atoms with Crippen LogP contribution in [0.3, 0.4) is 0 Å². The topological polar surface area (TPSA) is 160 Å². The summed E-state index contributed by atoms with van der Waals surface area (Å²) in [4.78, 5) is 25.9. The molecule has 12 nitrogen and oxygen atoms in total. The number of ether oxygens (including phenoxy) is 1. The maximum atomic E-state index is 13.2. The van der Waals surface area contributed by atoms with Gasteiger partial charge in [0.15, 0.2) is 18.1 Å². The predicted octanol–water partition coefficient (Wildman–Crippen LogP) is 7.43. The Morgan fingerprint density at radius 1 is 0.882 bits per heavy atom. The van der Waals surface area contributed by atoms with Crippen LogP contribution in [0.5, 0.6) is 5.75 Å². The van der Waals surface area contributed by atoms with Crippen LogP contribution in [0.2, 0.25) is 5.02 Å². The zero-order valence-corrected chi connectivity index (χ0v) is 33.5. The fraction of sp³-hybridized carbons (Fsp3) is 0.676. The van der Waals surface area contributed by atoms with E-state index in [1.807, 2.05) is 27.7 Å². The van der Waals surface area contributed by atoms with Crippen molar-refractivity contribution in [2.24, 2.45) is 0 Å². The number of hydrogen-bond acceptors (Lipinski definition) is 7. The smallest absolute Gasteiger partial charge is 0.258 e. The summed E-state index contributed by atoms with van der Waals surface area (Å²) in [5, 5.41) is 18.4. The zero-order chi connectivity index (χ0) is 37.9. The number of carbonyl (C=O) groups excluding carboxylic acids is 2. The van der Waals surface area contributed by atoms with Crippen molar-refractivity contribution >= 4 is 44.8 Å². The van der Waals surface area contributed by atoms with Crippen LogP contribution >= 0.6 is 11.6 Å². The number of nitrogens with zero attached hydrogens (tertiary/aromatic N) is 3. The third kappa shape index (κ3) is 12.2. The molecule has 286 valence electrons. The van der Waals surface area contributed by atoms with Crippen LogP contribution in [0.1, 0.15) is 138 Å². The van der Waals surface area contributed by atoms with E-state index in [2.05, 4.69) is 58.3 Å². The Morgan fingerprint density at radius 2 is 1.49 bits per heavy atom. The number of hydrogen-bond donors (Lipinski definition) is 4. The van der Waals surface area contributed by atoms with Crippen molar-refractivity contribution in [3.63, 3.8) is 0 Å². The van der Waals surface area contributed by atoms with Crippen LogP contribution in [0.4, 0.5) is 5.69 Å². The molecular formula is C37H60ClN7O5S. The molecule has 4 N–H and O–H groups in total. The number of H-pyrrole nitrogens is 1. The van der Waals surface area contributed by atoms with Crippen molar-refractivity contribution < 1.29 is 22.7 Å². The highest BCUT2D eigenvalue weighted by Crippen LogP contribution is 2.37. The summed E-state index contributed by atoms with van der Waals surface area (Å²) in [5.41, 5.74) is 0.00608. The molecular weight excluding hydrogens is 690 g/mol. The van der Waals surface area contributed by atoms with Gasteiger partial charge >= 0.3 is 0 Å². The van der Waals surface area contributed by atoms with Gasteiger partial charge in [-0.25, -0.2) is 17.7 Å². The van der Waals surface area contributed by atoms with Crippen molar-refractivity contribution in [1.82, 2.24) is 29.9 Å². The molecule has 0 spiro atoms. The van der Waals surface area contributed by atoms with Crippen LogP contribution in [-0.4, -0.2) is 64.5 Å². The van der Waals surface area contributed by atoms with Crippen molar-refractivity contribution in [3.8, 4) is 5.75 Å². The Balaban J connectivity index is 1.46. The number of rotatable bonds is 22. The number of amides is 2. The van der Waals surface area contributed by atoms with E-state index >= 15 is 0 Å². The molecule has 0 aliphatic rings. The number of fused-ring (bicyclic) bond motifs is 1. The summed E-state index contributed by atoms with van der Waals surface area (Å²) in [6.07, 6.45) is 11.2. The van der Waals surface area contributed by atoms with E-state index in [0.717, 1.165) is 25.0 Å². The molecule has 14 heteroatoms. The molecule has 0 aliphatic heterocycles. The molecule has 0 fully saturated rings. The number of benzene rings is 1. The maximum absolute atomic E-state index is 13.2. The minimum atomic E-state index is -3.46. The second kappa shape index (κ2) is 18.6. The molecule has 0 bridgehead atoms. The van der Waals surface area contributed by atoms with Gasteiger partial charge in [0.2, 0.25) is 15.9 Å². The molecule has 1 aromatic carbocycles. The highest BCUT2D eigenvalue weighted by atomic mass is 35.5. The lowest BCUT2D eigenvalue weighted by atomic mass is 9.73. The number of nitrogens with one attached hydrogen (secondary N) is 4. The average Bonchev–Trinajstić information content (AvgIpc) is 3.61. The second-order valence-electron chi connectivity index (χ2n) is 15.5. The highest BCUT2D eigenvalue weighted by molar-refractivity contribution is 7.89. The van der Waals surface area contributed by atoms with Gasteiger partial charge in [-0.1, -0.05) is 123 Å². The van der Waals surface area contributed by atoms with Gasteiger partial charge in [-0.05, 0) is 32.4 Å². The van der Waals surface area contributed by atoms with Gasteiger partial charge in [-0.15, -0.1) is 10.2 Å². The van der Waals surface area contributed by atoms with E-state index < -0.39 is 21.0 Å². The molecule has 2 amide bonds. The quantitative estimate of drug-likeness (QED) is 0.0778. The number of para-hydroxylation sites is 2. The third-order valence-electron chi connectivity index (χ3n) is 9.59. The summed E-state index contributed by atoms with van der Waals surface area (Å²) < 4.78 is 35.0. The number of carbonyl (C=O) groups is 2. The summed E-state index contributed by atoms with van der Waals surface area (Å²) in [5.74, 6) is 0.231. The minimum Gasteiger partial charge on any atom is -0.482 e. The Hall–Kier alpha value is -3.16. The largest absolute Gasteiger partial charge is 0.482 e. The van der Waals surface area contributed by atoms with E-state index in [1.54, 1.807) is 28.8 Å². The van der Waals surface area contributed by atoms with Gasteiger partial charge in [0.25, 0.3) is 5.91 Å². The monoisotopic (exact) mass is 749 g/mol. The van der Waals surface area contributed by atoms with E-state index in [4.69, 9.17) is 16.3 Å². The lowest BCUT2D eigenvalue weighted by molar-refractivity contribution is -0.125. The van der Waals surface area contributed by atoms with Crippen LogP contribution in [-0.2, 0) is 30.4 Å². The lowest BCUT2D eigenvalue weighted by Gasteiger charge is -2.40. The molecule has 2 aromatic heterocycles. The van der Waals surface area contributed by atoms with Gasteiger partial charge in [0.05, 0.1) is 17.1 Å². The van der Waals surface area contributed by atoms with Gasteiger partial charge in [0.1, 0.15) is 10.8 Å². The van der Waals surface area contributed by atoms with Crippen LogP contribution in [0, 0.1) is 0 Å². The third-order valence-corrected chi connectivity index (χ3v) is 11.4. The van der Waals surface area contributed by atoms with Crippen LogP contribution in [0.15, 0.2) is 24.3 Å². The van der Waals surface area contributed by atoms with Gasteiger partial charge in [-0.3, -0.25) is 14.7 Å². The normalized spacial score (nSPS) is 12.7. The molecule has 0 unspecified atom stereocenters. The fourth-order valence-corrected chi connectivity index (χ4v) is 7.34. The first-order valence-corrected chi connectivity index (χ1v) is 20.4. The van der Waals surface area contributed by atoms with E-state index in [0.29, 0.717) is 34.4 Å². The van der Waals surface area contributed by atoms with E-state index in [9.17, 15) is 18.0 Å². The molecule has 51 heavy (non-hydrogen) atoms. The summed E-state index contributed by atoms with van der Waals surface area (Å²) in [6.45, 7) is 15.8. The molecule has 0 radical (unpaired) electrons. The first-order chi connectivity index (χ1) is 23.9. The minimum absolute atomic E-state index is 0.00716. The highest BCUT2D eigenvalue weighted by Gasteiger charge is 2.44. The van der Waals surface area contributed by atoms with Crippen molar-refractivity contribution in [2.75, 3.05) is 24.2 Å². The molecule has 0 aliphatic carbocycles. The molecule has 0 atom stereocenters. The standard InChI is InChI=1S/C37H60ClN7O5S/c1-9-10-11-12-13-14-15-16-17-20-25-51(48,49)39-24-23-29(46)40-27-21-18-19-22-28(27)50-26-30(47)41-37(7,8)36(5,6)34-43-42-33-31(38)32(35(2,3)4)44-45(33)34/h18-19,21-22,39,44H,9-17,20,23-26H2,1-8H3,(H,40,46)(H,41,47). The SMILES string of the molecule is CCCCCCCCCCCCS(=O)(=O)NCCC(=O)Nc1ccccc1OCC(=O)NC(C)(C)C(C)(C)c1nnc2c(Cl)c(C(C)(C)C)[nH]n12. The number of sulfonamides is 1. The molecule has 0 saturated heterocycles. The maximum Gasteiger partial charge on any atom is 0.258 e. The van der Waals surface area contributed by atoms with Gasteiger partial charge in [0, 0.05) is 29.3 Å². The number of unbranched alkanes of at least 4 members (excludes halogenated alkanes) is 9. The number of aromatic amines is 1. The van der Waals surface area contributed by atoms with E-state index in [-0.39, 0.29) is 42.6 Å². The van der Waals surface area contributed by atoms with Gasteiger partial charge < -0.3 is 15.4 Å². The Morgan fingerprint density at radius 3 is 2.12 bits per heavy atom. The first-order valence-electron chi connectivity index (χ1n) is 18.3. The number of aromatic nitrogens is 4. The first kappa shape index (κ1) is 42.3. The lowest BCUT2D eigenvalue weighted by Crippen LogP contribution is -2.57. The fourth-order valence-electron chi connectivity index (χ4n) is 5.75. The second-order valence-corrected chi connectivity index (χ2v) is 17.8. The molecule has 3 rings (SSSR count). The molecule has 0 saturated carbocycles. The summed E-state index contributed by atoms with van der Waals surface area (Å²) >= 11 is 6.64. The molecule has 2 heterocycles. The Bertz CT molecular complexity index is 1690. The predicted molar refractivity (Wildman–Crippen MR) is 205 cm³/mol. The average molecular weight is 750 g/mol. The number of halogens is 1. The summed E-state index contributed by atoms with van der Waals surface area (Å²) in [7, 11) is -3.46. The van der Waals surface area contributed by atoms with Gasteiger partial charge in [-0.2, -0.15) is 0 Å². The van der Waals surface area contributed by atoms with Crippen LogP contribution < -0.4 is 20.1 Å². The number of anilines is 1.